The molecule has 2 nitrogen and oxygen atoms in total. The van der Waals surface area contributed by atoms with E-state index in [0.717, 1.165) is 12.1 Å². The van der Waals surface area contributed by atoms with Gasteiger partial charge in [0.2, 0.25) is 0 Å². The number of anilines is 1. The van der Waals surface area contributed by atoms with Crippen molar-refractivity contribution >= 4 is 21.6 Å². The maximum Gasteiger partial charge on any atom is 0.0356 e. The third-order valence-electron chi connectivity index (χ3n) is 4.51. The van der Waals surface area contributed by atoms with Crippen molar-refractivity contribution in [3.63, 3.8) is 0 Å². The Kier molecular flexibility index (Phi) is 3.37. The van der Waals surface area contributed by atoms with Crippen molar-refractivity contribution < 1.29 is 0 Å². The second-order valence-corrected chi connectivity index (χ2v) is 6.80. The molecule has 2 aliphatic heterocycles. The van der Waals surface area contributed by atoms with Crippen molar-refractivity contribution in [2.45, 2.75) is 50.7 Å². The van der Waals surface area contributed by atoms with Crippen LogP contribution in [-0.4, -0.2) is 30.1 Å². The van der Waals surface area contributed by atoms with Gasteiger partial charge < -0.3 is 10.2 Å². The van der Waals surface area contributed by atoms with E-state index in [0.29, 0.717) is 6.04 Å². The van der Waals surface area contributed by atoms with Crippen LogP contribution in [0.3, 0.4) is 0 Å². The second-order valence-electron chi connectivity index (χ2n) is 5.88. The maximum atomic E-state index is 3.73. The lowest BCUT2D eigenvalue weighted by atomic mass is 9.97. The summed E-state index contributed by atoms with van der Waals surface area (Å²) < 4.78 is 1.17. The molecule has 2 atom stereocenters. The van der Waals surface area contributed by atoms with E-state index >= 15 is 0 Å². The van der Waals surface area contributed by atoms with Crippen molar-refractivity contribution in [1.82, 2.24) is 4.90 Å². The van der Waals surface area contributed by atoms with Crippen LogP contribution in [0, 0.1) is 6.92 Å². The van der Waals surface area contributed by atoms with E-state index in [1.54, 1.807) is 0 Å². The molecule has 98 valence electrons. The summed E-state index contributed by atoms with van der Waals surface area (Å²) in [6, 6.07) is 8.83. The molecule has 0 aliphatic carbocycles. The summed E-state index contributed by atoms with van der Waals surface area (Å²) in [5.41, 5.74) is 2.57. The molecule has 1 N–H and O–H groups in total. The highest BCUT2D eigenvalue weighted by Gasteiger charge is 2.38. The zero-order chi connectivity index (χ0) is 12.7. The van der Waals surface area contributed by atoms with Gasteiger partial charge in [0, 0.05) is 28.3 Å². The lowest BCUT2D eigenvalue weighted by Gasteiger charge is -2.37. The predicted octanol–water partition coefficient (Wildman–Crippen LogP) is 3.79. The molecule has 0 spiro atoms. The van der Waals surface area contributed by atoms with Gasteiger partial charge in [-0.1, -0.05) is 15.9 Å². The van der Waals surface area contributed by atoms with E-state index in [9.17, 15) is 0 Å². The lowest BCUT2D eigenvalue weighted by Crippen LogP contribution is -2.44. The summed E-state index contributed by atoms with van der Waals surface area (Å²) in [5.74, 6) is 0. The molecule has 3 rings (SSSR count). The minimum Gasteiger partial charge on any atom is -0.382 e. The van der Waals surface area contributed by atoms with Crippen LogP contribution in [-0.2, 0) is 0 Å². The van der Waals surface area contributed by atoms with Crippen molar-refractivity contribution in [3.05, 3.63) is 28.2 Å². The number of hydrogen-bond acceptors (Lipinski definition) is 2. The number of halogens is 1. The van der Waals surface area contributed by atoms with Gasteiger partial charge in [-0.15, -0.1) is 0 Å². The van der Waals surface area contributed by atoms with Gasteiger partial charge >= 0.3 is 0 Å². The number of fused-ring (bicyclic) bond motifs is 2. The van der Waals surface area contributed by atoms with E-state index < -0.39 is 0 Å². The van der Waals surface area contributed by atoms with Crippen molar-refractivity contribution in [2.24, 2.45) is 0 Å². The van der Waals surface area contributed by atoms with Crippen LogP contribution in [0.25, 0.3) is 0 Å². The zero-order valence-corrected chi connectivity index (χ0v) is 12.7. The van der Waals surface area contributed by atoms with Gasteiger partial charge in [-0.3, -0.25) is 0 Å². The van der Waals surface area contributed by atoms with Gasteiger partial charge in [-0.2, -0.15) is 0 Å². The Labute approximate surface area is 118 Å². The number of hydrogen-bond donors (Lipinski definition) is 1. The van der Waals surface area contributed by atoms with Crippen LogP contribution < -0.4 is 5.32 Å². The molecule has 0 aromatic heterocycles. The van der Waals surface area contributed by atoms with Crippen LogP contribution in [0.1, 0.15) is 31.2 Å². The molecule has 2 fully saturated rings. The first-order valence-corrected chi connectivity index (χ1v) is 7.67. The fourth-order valence-corrected chi connectivity index (χ4v) is 4.19. The average Bonchev–Trinajstić information content (AvgIpc) is 2.52. The fraction of sp³-hybridized carbons (Fsp3) is 0.600. The molecule has 0 radical (unpaired) electrons. The van der Waals surface area contributed by atoms with Crippen LogP contribution in [0.2, 0.25) is 0 Å². The molecule has 2 saturated heterocycles. The van der Waals surface area contributed by atoms with Crippen molar-refractivity contribution in [3.8, 4) is 0 Å². The normalized spacial score (nSPS) is 31.6. The van der Waals surface area contributed by atoms with Gasteiger partial charge in [0.05, 0.1) is 0 Å². The molecule has 3 heteroatoms. The monoisotopic (exact) mass is 308 g/mol. The molecule has 0 amide bonds. The smallest absolute Gasteiger partial charge is 0.0356 e. The van der Waals surface area contributed by atoms with Gasteiger partial charge in [-0.25, -0.2) is 0 Å². The lowest BCUT2D eigenvalue weighted by molar-refractivity contribution is 0.169. The molecular formula is C15H21BrN2. The number of nitrogens with one attached hydrogen (secondary N) is 1. The Balaban J connectivity index is 1.70. The zero-order valence-electron chi connectivity index (χ0n) is 11.1. The van der Waals surface area contributed by atoms with E-state index in [1.807, 2.05) is 0 Å². The molecule has 1 aromatic carbocycles. The van der Waals surface area contributed by atoms with Crippen LogP contribution in [0.4, 0.5) is 5.69 Å². The first kappa shape index (κ1) is 12.5. The largest absolute Gasteiger partial charge is 0.382 e. The van der Waals surface area contributed by atoms with Gasteiger partial charge in [0.1, 0.15) is 0 Å². The quantitative estimate of drug-likeness (QED) is 0.894. The van der Waals surface area contributed by atoms with Crippen molar-refractivity contribution in [1.29, 1.82) is 0 Å². The maximum absolute atomic E-state index is 3.73. The van der Waals surface area contributed by atoms with Crippen molar-refractivity contribution in [2.75, 3.05) is 12.4 Å². The number of aryl methyl sites for hydroxylation is 1. The highest BCUT2D eigenvalue weighted by Crippen LogP contribution is 2.35. The van der Waals surface area contributed by atoms with Crippen LogP contribution >= 0.6 is 15.9 Å². The van der Waals surface area contributed by atoms with E-state index in [1.165, 1.54) is 41.4 Å². The third-order valence-corrected chi connectivity index (χ3v) is 4.97. The van der Waals surface area contributed by atoms with E-state index in [-0.39, 0.29) is 0 Å². The average molecular weight is 309 g/mol. The Morgan fingerprint density at radius 2 is 1.83 bits per heavy atom. The first-order chi connectivity index (χ1) is 8.61. The van der Waals surface area contributed by atoms with Crippen LogP contribution in [0.15, 0.2) is 22.7 Å². The fourth-order valence-electron chi connectivity index (χ4n) is 3.58. The highest BCUT2D eigenvalue weighted by molar-refractivity contribution is 9.10. The molecular weight excluding hydrogens is 288 g/mol. The van der Waals surface area contributed by atoms with Gasteiger partial charge in [-0.05, 0) is 63.4 Å². The number of nitrogens with zero attached hydrogens (tertiary/aromatic N) is 1. The van der Waals surface area contributed by atoms with E-state index in [4.69, 9.17) is 0 Å². The predicted molar refractivity (Wildman–Crippen MR) is 80.1 cm³/mol. The number of benzene rings is 1. The summed E-state index contributed by atoms with van der Waals surface area (Å²) >= 11 is 3.58. The third kappa shape index (κ3) is 2.43. The minimum atomic E-state index is 0.646. The molecule has 2 bridgehead atoms. The molecule has 2 heterocycles. The van der Waals surface area contributed by atoms with Gasteiger partial charge in [0.15, 0.2) is 0 Å². The Bertz CT molecular complexity index is 412. The second kappa shape index (κ2) is 4.86. The Hall–Kier alpha value is -0.540. The standard InChI is InChI=1S/C15H21BrN2/c1-10-5-11(16)7-12(6-10)17-13-8-14-3-4-15(9-13)18(14)2/h5-7,13-15,17H,3-4,8-9H2,1-2H3. The molecule has 1 aromatic rings. The first-order valence-electron chi connectivity index (χ1n) is 6.87. The summed E-state index contributed by atoms with van der Waals surface area (Å²) in [4.78, 5) is 2.59. The minimum absolute atomic E-state index is 0.646. The number of piperidine rings is 1. The van der Waals surface area contributed by atoms with Crippen LogP contribution in [0.5, 0.6) is 0 Å². The molecule has 0 saturated carbocycles. The number of rotatable bonds is 2. The molecule has 2 unspecified atom stereocenters. The summed E-state index contributed by atoms with van der Waals surface area (Å²) in [7, 11) is 2.29. The Morgan fingerprint density at radius 1 is 1.17 bits per heavy atom. The van der Waals surface area contributed by atoms with Gasteiger partial charge in [0.25, 0.3) is 0 Å². The Morgan fingerprint density at radius 3 is 2.44 bits per heavy atom. The van der Waals surface area contributed by atoms with E-state index in [2.05, 4.69) is 58.3 Å². The highest BCUT2D eigenvalue weighted by atomic mass is 79.9. The topological polar surface area (TPSA) is 15.3 Å². The summed E-state index contributed by atoms with van der Waals surface area (Å²) in [5, 5.41) is 3.73. The molecule has 18 heavy (non-hydrogen) atoms. The summed E-state index contributed by atoms with van der Waals surface area (Å²) in [6.45, 7) is 2.15. The SMILES string of the molecule is Cc1cc(Br)cc(NC2CC3CCC(C2)N3C)c1. The molecule has 2 aliphatic rings. The summed E-state index contributed by atoms with van der Waals surface area (Å²) in [6.07, 6.45) is 5.35.